The van der Waals surface area contributed by atoms with E-state index >= 15 is 0 Å². The summed E-state index contributed by atoms with van der Waals surface area (Å²) in [6, 6.07) is 16.1. The van der Waals surface area contributed by atoms with Gasteiger partial charge in [-0.25, -0.2) is 9.78 Å². The normalized spacial score (nSPS) is 10.3. The van der Waals surface area contributed by atoms with E-state index in [9.17, 15) is 19.5 Å². The van der Waals surface area contributed by atoms with E-state index in [1.54, 1.807) is 48.5 Å². The van der Waals surface area contributed by atoms with Gasteiger partial charge < -0.3 is 15.7 Å². The fourth-order valence-electron chi connectivity index (χ4n) is 2.48. The van der Waals surface area contributed by atoms with Crippen LogP contribution in [0.1, 0.15) is 20.7 Å². The van der Waals surface area contributed by atoms with Crippen LogP contribution in [0, 0.1) is 0 Å². The Labute approximate surface area is 181 Å². The van der Waals surface area contributed by atoms with Gasteiger partial charge in [-0.05, 0) is 48.5 Å². The summed E-state index contributed by atoms with van der Waals surface area (Å²) in [5.74, 6) is -1.29. The highest BCUT2D eigenvalue weighted by atomic mass is 35.5. The maximum absolute atomic E-state index is 12.4. The topological polar surface area (TPSA) is 108 Å². The number of nitrogens with one attached hydrogen (secondary N) is 2. The van der Waals surface area contributed by atoms with E-state index in [-0.39, 0.29) is 22.8 Å². The van der Waals surface area contributed by atoms with E-state index in [1.165, 1.54) is 30.1 Å². The lowest BCUT2D eigenvalue weighted by atomic mass is 10.1. The van der Waals surface area contributed by atoms with Crippen molar-refractivity contribution in [3.8, 4) is 0 Å². The molecule has 1 heterocycles. The smallest absolute Gasteiger partial charge is 0.336 e. The summed E-state index contributed by atoms with van der Waals surface area (Å²) < 4.78 is 0. The number of aromatic nitrogens is 1. The summed E-state index contributed by atoms with van der Waals surface area (Å²) in [4.78, 5) is 40.5. The van der Waals surface area contributed by atoms with Crippen molar-refractivity contribution >= 4 is 52.7 Å². The number of carboxylic acids is 1. The number of aromatic carboxylic acids is 1. The van der Waals surface area contributed by atoms with Gasteiger partial charge in [0, 0.05) is 16.8 Å². The first-order valence-corrected chi connectivity index (χ1v) is 10.1. The molecule has 7 nitrogen and oxygen atoms in total. The highest BCUT2D eigenvalue weighted by Gasteiger charge is 2.15. The summed E-state index contributed by atoms with van der Waals surface area (Å²) in [5, 5.41) is 15.0. The molecule has 2 aromatic carbocycles. The predicted molar refractivity (Wildman–Crippen MR) is 116 cm³/mol. The Kier molecular flexibility index (Phi) is 7.05. The third-order valence-electron chi connectivity index (χ3n) is 3.88. The molecule has 0 spiro atoms. The van der Waals surface area contributed by atoms with Crippen molar-refractivity contribution in [1.29, 1.82) is 0 Å². The number of carbonyl (C=O) groups excluding carboxylic acids is 2. The maximum atomic E-state index is 12.4. The Morgan fingerprint density at radius 3 is 2.27 bits per heavy atom. The molecular formula is C21H16ClN3O4S. The number of thioether (sulfide) groups is 1. The summed E-state index contributed by atoms with van der Waals surface area (Å²) >= 11 is 7.08. The number of rotatable bonds is 7. The number of amides is 2. The number of anilines is 2. The van der Waals surface area contributed by atoms with Crippen LogP contribution in [-0.2, 0) is 4.79 Å². The van der Waals surface area contributed by atoms with Crippen LogP contribution in [0.25, 0.3) is 0 Å². The lowest BCUT2D eigenvalue weighted by Gasteiger charge is -2.09. The first kappa shape index (κ1) is 21.4. The van der Waals surface area contributed by atoms with E-state index < -0.39 is 11.9 Å². The molecule has 3 rings (SSSR count). The molecule has 152 valence electrons. The molecule has 0 aliphatic heterocycles. The summed E-state index contributed by atoms with van der Waals surface area (Å²) in [6.45, 7) is 0. The summed E-state index contributed by atoms with van der Waals surface area (Å²) in [5.41, 5.74) is 0.527. The standard InChI is InChI=1S/C21H16ClN3O4S/c22-13-5-10-18(23-11-13)25-19(26)12-30-15-8-6-14(7-9-15)24-20(27)16-3-1-2-4-17(16)21(28)29/h1-11H,12H2,(H,24,27)(H,28,29)(H,23,25,26). The lowest BCUT2D eigenvalue weighted by molar-refractivity contribution is -0.113. The highest BCUT2D eigenvalue weighted by molar-refractivity contribution is 8.00. The molecular weight excluding hydrogens is 426 g/mol. The minimum Gasteiger partial charge on any atom is -0.478 e. The van der Waals surface area contributed by atoms with Crippen molar-refractivity contribution in [3.63, 3.8) is 0 Å². The second-order valence-corrected chi connectivity index (χ2v) is 7.51. The number of pyridine rings is 1. The quantitative estimate of drug-likeness (QED) is 0.468. The second-order valence-electron chi connectivity index (χ2n) is 6.03. The minimum atomic E-state index is -1.17. The van der Waals surface area contributed by atoms with Crippen LogP contribution >= 0.6 is 23.4 Å². The molecule has 0 aliphatic rings. The monoisotopic (exact) mass is 441 g/mol. The molecule has 3 N–H and O–H groups in total. The molecule has 30 heavy (non-hydrogen) atoms. The van der Waals surface area contributed by atoms with Crippen molar-refractivity contribution in [2.75, 3.05) is 16.4 Å². The first-order valence-electron chi connectivity index (χ1n) is 8.70. The number of halogens is 1. The summed E-state index contributed by atoms with van der Waals surface area (Å²) in [7, 11) is 0. The molecule has 0 fully saturated rings. The Hall–Kier alpha value is -3.36. The number of hydrogen-bond acceptors (Lipinski definition) is 5. The van der Waals surface area contributed by atoms with Crippen LogP contribution in [-0.4, -0.2) is 33.6 Å². The number of benzene rings is 2. The molecule has 0 bridgehead atoms. The van der Waals surface area contributed by atoms with Crippen molar-refractivity contribution in [1.82, 2.24) is 4.98 Å². The average Bonchev–Trinajstić information content (AvgIpc) is 2.75. The molecule has 0 unspecified atom stereocenters. The predicted octanol–water partition coefficient (Wildman–Crippen LogP) is 4.42. The molecule has 1 aromatic heterocycles. The Morgan fingerprint density at radius 1 is 0.933 bits per heavy atom. The number of carbonyl (C=O) groups is 3. The molecule has 0 saturated carbocycles. The third-order valence-corrected chi connectivity index (χ3v) is 5.11. The van der Waals surface area contributed by atoms with E-state index in [0.29, 0.717) is 16.5 Å². The van der Waals surface area contributed by atoms with Crippen LogP contribution in [0.4, 0.5) is 11.5 Å². The SMILES string of the molecule is O=C(CSc1ccc(NC(=O)c2ccccc2C(=O)O)cc1)Nc1ccc(Cl)cn1. The van der Waals surface area contributed by atoms with Gasteiger partial charge in [0.05, 0.1) is 21.9 Å². The van der Waals surface area contributed by atoms with Crippen LogP contribution in [0.3, 0.4) is 0 Å². The Balaban J connectivity index is 1.55. The average molecular weight is 442 g/mol. The van der Waals surface area contributed by atoms with E-state index in [1.807, 2.05) is 0 Å². The van der Waals surface area contributed by atoms with E-state index in [0.717, 1.165) is 4.90 Å². The molecule has 3 aromatic rings. The number of hydrogen-bond donors (Lipinski definition) is 3. The van der Waals surface area contributed by atoms with Crippen molar-refractivity contribution in [2.24, 2.45) is 0 Å². The first-order chi connectivity index (χ1) is 14.4. The number of carboxylic acid groups (broad SMARTS) is 1. The molecule has 0 radical (unpaired) electrons. The molecule has 0 aliphatic carbocycles. The third kappa shape index (κ3) is 5.82. The van der Waals surface area contributed by atoms with Gasteiger partial charge in [0.25, 0.3) is 5.91 Å². The molecule has 0 saturated heterocycles. The van der Waals surface area contributed by atoms with Gasteiger partial charge in [-0.1, -0.05) is 23.7 Å². The van der Waals surface area contributed by atoms with Crippen LogP contribution in [0.5, 0.6) is 0 Å². The van der Waals surface area contributed by atoms with Gasteiger partial charge in [-0.3, -0.25) is 9.59 Å². The van der Waals surface area contributed by atoms with E-state index in [4.69, 9.17) is 11.6 Å². The van der Waals surface area contributed by atoms with Gasteiger partial charge in [0.1, 0.15) is 5.82 Å². The molecule has 0 atom stereocenters. The fraction of sp³-hybridized carbons (Fsp3) is 0.0476. The van der Waals surface area contributed by atoms with Crippen molar-refractivity contribution in [3.05, 3.63) is 83.0 Å². The fourth-order valence-corrected chi connectivity index (χ4v) is 3.29. The van der Waals surface area contributed by atoms with Crippen LogP contribution < -0.4 is 10.6 Å². The van der Waals surface area contributed by atoms with Crippen molar-refractivity contribution < 1.29 is 19.5 Å². The van der Waals surface area contributed by atoms with Gasteiger partial charge in [0.2, 0.25) is 5.91 Å². The molecule has 2 amide bonds. The maximum Gasteiger partial charge on any atom is 0.336 e. The zero-order valence-electron chi connectivity index (χ0n) is 15.5. The Bertz CT molecular complexity index is 1070. The van der Waals surface area contributed by atoms with Crippen molar-refractivity contribution in [2.45, 2.75) is 4.90 Å². The highest BCUT2D eigenvalue weighted by Crippen LogP contribution is 2.21. The lowest BCUT2D eigenvalue weighted by Crippen LogP contribution is -2.16. The van der Waals surface area contributed by atoms with Gasteiger partial charge >= 0.3 is 5.97 Å². The largest absolute Gasteiger partial charge is 0.478 e. The van der Waals surface area contributed by atoms with Crippen LogP contribution in [0.2, 0.25) is 5.02 Å². The molecule has 9 heteroatoms. The van der Waals surface area contributed by atoms with Gasteiger partial charge in [-0.15, -0.1) is 11.8 Å². The Morgan fingerprint density at radius 2 is 1.63 bits per heavy atom. The van der Waals surface area contributed by atoms with Gasteiger partial charge in [0.15, 0.2) is 0 Å². The van der Waals surface area contributed by atoms with Crippen LogP contribution in [0.15, 0.2) is 71.8 Å². The minimum absolute atomic E-state index is 0.0663. The number of nitrogens with zero attached hydrogens (tertiary/aromatic N) is 1. The van der Waals surface area contributed by atoms with Gasteiger partial charge in [-0.2, -0.15) is 0 Å². The summed E-state index contributed by atoms with van der Waals surface area (Å²) in [6.07, 6.45) is 1.45. The van der Waals surface area contributed by atoms with E-state index in [2.05, 4.69) is 15.6 Å². The second kappa shape index (κ2) is 9.91. The zero-order valence-corrected chi connectivity index (χ0v) is 17.0. The zero-order chi connectivity index (χ0) is 21.5.